The number of hydrogen-bond acceptors (Lipinski definition) is 3. The highest BCUT2D eigenvalue weighted by atomic mass is 127. The second-order valence-electron chi connectivity index (χ2n) is 4.54. The molecule has 0 saturated heterocycles. The number of para-hydroxylation sites is 2. The van der Waals surface area contributed by atoms with Gasteiger partial charge in [0.25, 0.3) is 0 Å². The molecule has 0 heterocycles. The molecule has 0 unspecified atom stereocenters. The molecule has 0 aliphatic heterocycles. The molecular formula is C16H17IN2O2. The van der Waals surface area contributed by atoms with E-state index in [1.165, 1.54) is 3.57 Å². The van der Waals surface area contributed by atoms with Gasteiger partial charge in [-0.2, -0.15) is 0 Å². The van der Waals surface area contributed by atoms with Crippen molar-refractivity contribution in [1.29, 1.82) is 0 Å². The number of amides is 1. The Hall–Kier alpha value is -1.76. The summed E-state index contributed by atoms with van der Waals surface area (Å²) in [6, 6.07) is 15.0. The predicted octanol–water partition coefficient (Wildman–Crippen LogP) is 3.67. The highest BCUT2D eigenvalue weighted by molar-refractivity contribution is 14.1. The zero-order chi connectivity index (χ0) is 15.1. The van der Waals surface area contributed by atoms with E-state index in [0.29, 0.717) is 30.8 Å². The molecule has 2 aromatic carbocycles. The number of nitrogen functional groups attached to an aromatic ring is 1. The van der Waals surface area contributed by atoms with E-state index in [2.05, 4.69) is 27.9 Å². The summed E-state index contributed by atoms with van der Waals surface area (Å²) in [5.41, 5.74) is 7.00. The Kier molecular flexibility index (Phi) is 5.86. The van der Waals surface area contributed by atoms with Gasteiger partial charge in [-0.25, -0.2) is 0 Å². The smallest absolute Gasteiger partial charge is 0.224 e. The van der Waals surface area contributed by atoms with Crippen LogP contribution in [0.2, 0.25) is 0 Å². The molecule has 2 rings (SSSR count). The molecule has 4 nitrogen and oxygen atoms in total. The Morgan fingerprint density at radius 1 is 1.14 bits per heavy atom. The van der Waals surface area contributed by atoms with Crippen LogP contribution in [0.4, 0.5) is 11.4 Å². The Morgan fingerprint density at radius 3 is 2.57 bits per heavy atom. The first-order chi connectivity index (χ1) is 10.1. The summed E-state index contributed by atoms with van der Waals surface area (Å²) >= 11 is 2.24. The molecular weight excluding hydrogens is 379 g/mol. The fraction of sp³-hybridized carbons (Fsp3) is 0.188. The van der Waals surface area contributed by atoms with Crippen LogP contribution in [0.3, 0.4) is 0 Å². The molecule has 21 heavy (non-hydrogen) atoms. The Balaban J connectivity index is 1.70. The normalized spacial score (nSPS) is 10.1. The lowest BCUT2D eigenvalue weighted by atomic mass is 10.2. The SMILES string of the molecule is Nc1ccccc1NC(=O)CCCOc1ccc(I)cc1. The van der Waals surface area contributed by atoms with Crippen LogP contribution >= 0.6 is 22.6 Å². The van der Waals surface area contributed by atoms with Gasteiger partial charge in [-0.1, -0.05) is 12.1 Å². The maximum absolute atomic E-state index is 11.8. The van der Waals surface area contributed by atoms with Gasteiger partial charge in [-0.05, 0) is 65.4 Å². The number of carbonyl (C=O) groups excluding carboxylic acids is 1. The number of anilines is 2. The molecule has 0 bridgehead atoms. The molecule has 0 saturated carbocycles. The predicted molar refractivity (Wildman–Crippen MR) is 93.4 cm³/mol. The molecule has 2 aromatic rings. The van der Waals surface area contributed by atoms with Crippen molar-refractivity contribution in [2.45, 2.75) is 12.8 Å². The van der Waals surface area contributed by atoms with Crippen molar-refractivity contribution in [2.75, 3.05) is 17.7 Å². The minimum absolute atomic E-state index is 0.0564. The average molecular weight is 396 g/mol. The van der Waals surface area contributed by atoms with E-state index in [4.69, 9.17) is 10.5 Å². The lowest BCUT2D eigenvalue weighted by Crippen LogP contribution is -2.13. The maximum atomic E-state index is 11.8. The highest BCUT2D eigenvalue weighted by Gasteiger charge is 2.04. The molecule has 0 spiro atoms. The van der Waals surface area contributed by atoms with Crippen LogP contribution in [0.5, 0.6) is 5.75 Å². The molecule has 0 aromatic heterocycles. The van der Waals surface area contributed by atoms with Crippen LogP contribution in [0.1, 0.15) is 12.8 Å². The number of nitrogens with two attached hydrogens (primary N) is 1. The van der Waals surface area contributed by atoms with Crippen molar-refractivity contribution in [1.82, 2.24) is 0 Å². The monoisotopic (exact) mass is 396 g/mol. The van der Waals surface area contributed by atoms with Crippen molar-refractivity contribution in [3.8, 4) is 5.75 Å². The Labute approximate surface area is 137 Å². The van der Waals surface area contributed by atoms with E-state index < -0.39 is 0 Å². The minimum atomic E-state index is -0.0564. The van der Waals surface area contributed by atoms with Gasteiger partial charge in [0.05, 0.1) is 18.0 Å². The van der Waals surface area contributed by atoms with Gasteiger partial charge < -0.3 is 15.8 Å². The van der Waals surface area contributed by atoms with Gasteiger partial charge in [-0.15, -0.1) is 0 Å². The number of rotatable bonds is 6. The zero-order valence-corrected chi connectivity index (χ0v) is 13.7. The summed E-state index contributed by atoms with van der Waals surface area (Å²) in [4.78, 5) is 11.8. The van der Waals surface area contributed by atoms with E-state index >= 15 is 0 Å². The standard InChI is InChI=1S/C16H17IN2O2/c17-12-7-9-13(10-8-12)21-11-3-6-16(20)19-15-5-2-1-4-14(15)18/h1-2,4-5,7-10H,3,6,11,18H2,(H,19,20). The molecule has 1 amide bonds. The maximum Gasteiger partial charge on any atom is 0.224 e. The average Bonchev–Trinajstić information content (AvgIpc) is 2.48. The van der Waals surface area contributed by atoms with Crippen molar-refractivity contribution < 1.29 is 9.53 Å². The molecule has 0 aliphatic carbocycles. The van der Waals surface area contributed by atoms with Gasteiger partial charge in [0.2, 0.25) is 5.91 Å². The first-order valence-electron chi connectivity index (χ1n) is 6.68. The lowest BCUT2D eigenvalue weighted by Gasteiger charge is -2.08. The van der Waals surface area contributed by atoms with E-state index in [0.717, 1.165) is 5.75 Å². The van der Waals surface area contributed by atoms with Gasteiger partial charge in [0.15, 0.2) is 0 Å². The fourth-order valence-electron chi connectivity index (χ4n) is 1.78. The van der Waals surface area contributed by atoms with Crippen molar-refractivity contribution >= 4 is 39.9 Å². The first-order valence-corrected chi connectivity index (χ1v) is 7.76. The van der Waals surface area contributed by atoms with Gasteiger partial charge in [-0.3, -0.25) is 4.79 Å². The van der Waals surface area contributed by atoms with Crippen LogP contribution in [0.25, 0.3) is 0 Å². The molecule has 0 radical (unpaired) electrons. The molecule has 5 heteroatoms. The minimum Gasteiger partial charge on any atom is -0.494 e. The summed E-state index contributed by atoms with van der Waals surface area (Å²) in [5, 5.41) is 2.80. The number of nitrogens with one attached hydrogen (secondary N) is 1. The zero-order valence-electron chi connectivity index (χ0n) is 11.5. The van der Waals surface area contributed by atoms with E-state index in [-0.39, 0.29) is 5.91 Å². The molecule has 0 fully saturated rings. The number of ether oxygens (including phenoxy) is 1. The highest BCUT2D eigenvalue weighted by Crippen LogP contribution is 2.17. The number of halogens is 1. The third kappa shape index (κ3) is 5.26. The van der Waals surface area contributed by atoms with Crippen molar-refractivity contribution in [3.63, 3.8) is 0 Å². The van der Waals surface area contributed by atoms with Crippen LogP contribution in [-0.4, -0.2) is 12.5 Å². The summed E-state index contributed by atoms with van der Waals surface area (Å²) in [6.07, 6.45) is 1.06. The second-order valence-corrected chi connectivity index (χ2v) is 5.79. The van der Waals surface area contributed by atoms with Crippen LogP contribution in [0, 0.1) is 3.57 Å². The Bertz CT molecular complexity index is 599. The van der Waals surface area contributed by atoms with E-state index in [9.17, 15) is 4.79 Å². The lowest BCUT2D eigenvalue weighted by molar-refractivity contribution is -0.116. The second kappa shape index (κ2) is 7.87. The number of carbonyl (C=O) groups is 1. The third-order valence-corrected chi connectivity index (χ3v) is 3.58. The fourth-order valence-corrected chi connectivity index (χ4v) is 2.14. The third-order valence-electron chi connectivity index (χ3n) is 2.87. The van der Waals surface area contributed by atoms with Gasteiger partial charge >= 0.3 is 0 Å². The van der Waals surface area contributed by atoms with Crippen LogP contribution in [-0.2, 0) is 4.79 Å². The number of hydrogen-bond donors (Lipinski definition) is 2. The van der Waals surface area contributed by atoms with Gasteiger partial charge in [0.1, 0.15) is 5.75 Å². The van der Waals surface area contributed by atoms with Gasteiger partial charge in [0, 0.05) is 9.99 Å². The molecule has 0 aliphatic rings. The topological polar surface area (TPSA) is 64.3 Å². The van der Waals surface area contributed by atoms with Crippen LogP contribution in [0.15, 0.2) is 48.5 Å². The summed E-state index contributed by atoms with van der Waals surface area (Å²) in [7, 11) is 0. The quantitative estimate of drug-likeness (QED) is 0.445. The summed E-state index contributed by atoms with van der Waals surface area (Å²) in [6.45, 7) is 0.512. The van der Waals surface area contributed by atoms with Crippen molar-refractivity contribution in [2.24, 2.45) is 0 Å². The largest absolute Gasteiger partial charge is 0.494 e. The van der Waals surface area contributed by atoms with Crippen molar-refractivity contribution in [3.05, 3.63) is 52.1 Å². The number of benzene rings is 2. The molecule has 3 N–H and O–H groups in total. The summed E-state index contributed by atoms with van der Waals surface area (Å²) in [5.74, 6) is 0.766. The summed E-state index contributed by atoms with van der Waals surface area (Å²) < 4.78 is 6.74. The van der Waals surface area contributed by atoms with E-state index in [1.807, 2.05) is 36.4 Å². The molecule has 0 atom stereocenters. The molecule has 110 valence electrons. The Morgan fingerprint density at radius 2 is 1.86 bits per heavy atom. The van der Waals surface area contributed by atoms with Crippen LogP contribution < -0.4 is 15.8 Å². The first kappa shape index (κ1) is 15.6. The van der Waals surface area contributed by atoms with E-state index in [1.54, 1.807) is 12.1 Å².